The lowest BCUT2D eigenvalue weighted by Crippen LogP contribution is -2.58. The topological polar surface area (TPSA) is 140 Å². The molecule has 0 spiro atoms. The number of benzene rings is 1. The number of fused-ring (bicyclic) bond motifs is 1. The molecule has 2 saturated heterocycles. The molecule has 2 aliphatic heterocycles. The van der Waals surface area contributed by atoms with Crippen LogP contribution in [0.1, 0.15) is 62.5 Å². The zero-order valence-electron chi connectivity index (χ0n) is 24.6. The first-order valence-corrected chi connectivity index (χ1v) is 15.3. The van der Waals surface area contributed by atoms with Crippen molar-refractivity contribution in [3.8, 4) is 0 Å². The smallest absolute Gasteiger partial charge is 0.268 e. The van der Waals surface area contributed by atoms with E-state index in [1.165, 1.54) is 0 Å². The Morgan fingerprint density at radius 3 is 2.50 bits per heavy atom. The van der Waals surface area contributed by atoms with Gasteiger partial charge >= 0.3 is 0 Å². The molecular weight excluding hydrogens is 558 g/mol. The van der Waals surface area contributed by atoms with E-state index in [1.807, 2.05) is 45.9 Å². The van der Waals surface area contributed by atoms with Gasteiger partial charge in [0.15, 0.2) is 5.78 Å². The molecule has 0 radical (unpaired) electrons. The third kappa shape index (κ3) is 5.78. The van der Waals surface area contributed by atoms with Gasteiger partial charge in [-0.15, -0.1) is 11.6 Å². The zero-order valence-corrected chi connectivity index (χ0v) is 25.3. The van der Waals surface area contributed by atoms with Gasteiger partial charge in [-0.2, -0.15) is 0 Å². The second-order valence-corrected chi connectivity index (χ2v) is 13.1. The number of carbonyl (C=O) groups excluding carboxylic acids is 5. The lowest BCUT2D eigenvalue weighted by Gasteiger charge is -2.35. The van der Waals surface area contributed by atoms with E-state index in [1.54, 1.807) is 11.0 Å². The first-order valence-electron chi connectivity index (χ1n) is 14.8. The number of aromatic nitrogens is 1. The van der Waals surface area contributed by atoms with E-state index in [4.69, 9.17) is 11.6 Å². The quantitative estimate of drug-likeness (QED) is 0.312. The first kappa shape index (κ1) is 30.1. The van der Waals surface area contributed by atoms with Gasteiger partial charge < -0.3 is 25.8 Å². The fraction of sp³-hybridized carbons (Fsp3) is 0.581. The van der Waals surface area contributed by atoms with Gasteiger partial charge in [0, 0.05) is 29.9 Å². The van der Waals surface area contributed by atoms with Crippen molar-refractivity contribution in [2.75, 3.05) is 19.0 Å². The highest BCUT2D eigenvalue weighted by Crippen LogP contribution is 2.43. The van der Waals surface area contributed by atoms with Crippen molar-refractivity contribution < 1.29 is 24.0 Å². The van der Waals surface area contributed by atoms with Gasteiger partial charge in [0.05, 0.1) is 11.9 Å². The monoisotopic (exact) mass is 597 g/mol. The Bertz CT molecular complexity index is 1420. The molecule has 4 N–H and O–H groups in total. The number of amides is 4. The standard InChI is InChI=1S/C31H40ClN5O5/c1-16-6-5-7-21-20(16)13-23(34-21)28(40)36-25(18-8-9-18)30(42)37-15-17(2)31(3,4)26(37)29(41)35-22(24(38)14-32)12-19-10-11-33-27(19)39/h5-7,13,17-19,22,25-26,34H,8-12,14-15H2,1-4H3,(H,33,39)(H,35,41)(H,36,40)/t17-,19+,22+,25?,26-/m1/s1. The summed E-state index contributed by atoms with van der Waals surface area (Å²) in [6, 6.07) is 5.02. The number of rotatable bonds is 10. The largest absolute Gasteiger partial charge is 0.356 e. The highest BCUT2D eigenvalue weighted by atomic mass is 35.5. The number of likely N-dealkylation sites (tertiary alicyclic amines) is 1. The van der Waals surface area contributed by atoms with Crippen LogP contribution in [0.15, 0.2) is 24.3 Å². The van der Waals surface area contributed by atoms with E-state index >= 15 is 0 Å². The summed E-state index contributed by atoms with van der Waals surface area (Å²) < 4.78 is 0. The number of hydrogen-bond acceptors (Lipinski definition) is 5. The predicted molar refractivity (Wildman–Crippen MR) is 159 cm³/mol. The summed E-state index contributed by atoms with van der Waals surface area (Å²) in [5.74, 6) is -2.36. The summed E-state index contributed by atoms with van der Waals surface area (Å²) >= 11 is 5.88. The van der Waals surface area contributed by atoms with E-state index in [-0.39, 0.29) is 47.6 Å². The molecule has 1 aromatic heterocycles. The van der Waals surface area contributed by atoms with Crippen molar-refractivity contribution >= 4 is 51.9 Å². The predicted octanol–water partition coefficient (Wildman–Crippen LogP) is 2.68. The van der Waals surface area contributed by atoms with Crippen LogP contribution in [0, 0.1) is 30.1 Å². The number of Topliss-reactive ketones (excluding diaryl/α,β-unsaturated/α-hetero) is 1. The summed E-state index contributed by atoms with van der Waals surface area (Å²) in [6.07, 6.45) is 2.35. The lowest BCUT2D eigenvalue weighted by atomic mass is 9.77. The van der Waals surface area contributed by atoms with Crippen LogP contribution in [0.25, 0.3) is 10.9 Å². The highest BCUT2D eigenvalue weighted by molar-refractivity contribution is 6.28. The van der Waals surface area contributed by atoms with Gasteiger partial charge in [0.2, 0.25) is 17.7 Å². The maximum Gasteiger partial charge on any atom is 0.268 e. The number of nitrogens with zero attached hydrogens (tertiary/aromatic N) is 1. The van der Waals surface area contributed by atoms with Crippen molar-refractivity contribution in [3.63, 3.8) is 0 Å². The summed E-state index contributed by atoms with van der Waals surface area (Å²) in [7, 11) is 0. The number of alkyl halides is 1. The highest BCUT2D eigenvalue weighted by Gasteiger charge is 2.54. The number of halogens is 1. The van der Waals surface area contributed by atoms with Crippen molar-refractivity contribution in [2.24, 2.45) is 23.2 Å². The van der Waals surface area contributed by atoms with Crippen molar-refractivity contribution in [3.05, 3.63) is 35.5 Å². The molecule has 42 heavy (non-hydrogen) atoms. The van der Waals surface area contributed by atoms with Crippen LogP contribution in [0.2, 0.25) is 0 Å². The fourth-order valence-corrected chi connectivity index (χ4v) is 6.60. The van der Waals surface area contributed by atoms with Gasteiger partial charge in [0.25, 0.3) is 5.91 Å². The number of aromatic amines is 1. The van der Waals surface area contributed by atoms with Gasteiger partial charge in [-0.05, 0) is 67.6 Å². The Balaban J connectivity index is 1.36. The average Bonchev–Trinajstić information content (AvgIpc) is 3.47. The lowest BCUT2D eigenvalue weighted by molar-refractivity contribution is -0.143. The fourth-order valence-electron chi connectivity index (χ4n) is 6.41. The summed E-state index contributed by atoms with van der Waals surface area (Å²) in [5.41, 5.74) is 1.66. The third-order valence-corrected chi connectivity index (χ3v) is 9.84. The molecule has 1 aliphatic carbocycles. The second kappa shape index (κ2) is 11.7. The van der Waals surface area contributed by atoms with Crippen molar-refractivity contribution in [2.45, 2.75) is 71.5 Å². The van der Waals surface area contributed by atoms with Gasteiger partial charge in [-0.3, -0.25) is 24.0 Å². The molecule has 1 aromatic carbocycles. The minimum absolute atomic E-state index is 0.0123. The van der Waals surface area contributed by atoms with Crippen LogP contribution in [-0.4, -0.2) is 76.4 Å². The molecule has 2 aromatic rings. The number of ketones is 1. The molecule has 0 bridgehead atoms. The van der Waals surface area contributed by atoms with Gasteiger partial charge in [0.1, 0.15) is 17.8 Å². The maximum absolute atomic E-state index is 14.1. The summed E-state index contributed by atoms with van der Waals surface area (Å²) in [4.78, 5) is 71.1. The van der Waals surface area contributed by atoms with E-state index in [0.29, 0.717) is 25.2 Å². The Labute approximate surface area is 250 Å². The minimum Gasteiger partial charge on any atom is -0.356 e. The Kier molecular flexibility index (Phi) is 8.38. The number of carbonyl (C=O) groups is 5. The molecule has 3 heterocycles. The minimum atomic E-state index is -0.933. The molecule has 3 aliphatic rings. The van der Waals surface area contributed by atoms with Crippen molar-refractivity contribution in [1.29, 1.82) is 0 Å². The normalized spacial score (nSPS) is 24.7. The molecule has 4 amide bonds. The SMILES string of the molecule is Cc1cccc2[nH]c(C(=O)NC(C(=O)N3C[C@@H](C)C(C)(C)[C@H]3C(=O)N[C@@H](C[C@@H]3CCNC3=O)C(=O)CCl)C3CC3)cc12. The Morgan fingerprint density at radius 1 is 1.14 bits per heavy atom. The summed E-state index contributed by atoms with van der Waals surface area (Å²) in [5, 5.41) is 9.52. The molecule has 3 fully saturated rings. The number of H-pyrrole nitrogens is 1. The Hall–Kier alpha value is -3.40. The van der Waals surface area contributed by atoms with Crippen LogP contribution in [0.3, 0.4) is 0 Å². The van der Waals surface area contributed by atoms with E-state index in [2.05, 4.69) is 20.9 Å². The van der Waals surface area contributed by atoms with E-state index in [9.17, 15) is 24.0 Å². The maximum atomic E-state index is 14.1. The summed E-state index contributed by atoms with van der Waals surface area (Å²) in [6.45, 7) is 8.72. The number of hydrogen-bond donors (Lipinski definition) is 4. The average molecular weight is 598 g/mol. The van der Waals surface area contributed by atoms with Gasteiger partial charge in [-0.1, -0.05) is 32.9 Å². The second-order valence-electron chi connectivity index (χ2n) is 12.8. The van der Waals surface area contributed by atoms with Crippen LogP contribution >= 0.6 is 11.6 Å². The molecule has 226 valence electrons. The molecular formula is C31H40ClN5O5. The molecule has 1 unspecified atom stereocenters. The molecule has 5 rings (SSSR count). The zero-order chi connectivity index (χ0) is 30.3. The van der Waals surface area contributed by atoms with Crippen LogP contribution in [0.5, 0.6) is 0 Å². The van der Waals surface area contributed by atoms with Crippen LogP contribution in [-0.2, 0) is 19.2 Å². The van der Waals surface area contributed by atoms with Crippen LogP contribution in [0.4, 0.5) is 0 Å². The Morgan fingerprint density at radius 2 is 1.88 bits per heavy atom. The number of nitrogens with one attached hydrogen (secondary N) is 4. The van der Waals surface area contributed by atoms with Crippen LogP contribution < -0.4 is 16.0 Å². The van der Waals surface area contributed by atoms with Gasteiger partial charge in [-0.25, -0.2) is 0 Å². The molecule has 11 heteroatoms. The molecule has 5 atom stereocenters. The third-order valence-electron chi connectivity index (χ3n) is 9.58. The number of aryl methyl sites for hydroxylation is 1. The van der Waals surface area contributed by atoms with E-state index in [0.717, 1.165) is 29.3 Å². The van der Waals surface area contributed by atoms with E-state index < -0.39 is 35.4 Å². The molecule has 10 nitrogen and oxygen atoms in total. The van der Waals surface area contributed by atoms with Crippen molar-refractivity contribution in [1.82, 2.24) is 25.8 Å². The first-order chi connectivity index (χ1) is 19.9. The molecule has 1 saturated carbocycles.